The average Bonchev–Trinajstić information content (AvgIpc) is 2.69. The Hall–Kier alpha value is -2.57. The monoisotopic (exact) mass is 355 g/mol. The fourth-order valence-corrected chi connectivity index (χ4v) is 2.99. The highest BCUT2D eigenvalue weighted by atomic mass is 19.1. The lowest BCUT2D eigenvalue weighted by molar-refractivity contribution is 0.0936. The van der Waals surface area contributed by atoms with E-state index in [1.807, 2.05) is 0 Å². The van der Waals surface area contributed by atoms with E-state index in [0.717, 1.165) is 32.7 Å². The second-order valence-electron chi connectivity index (χ2n) is 6.23. The standard InChI is InChI=1S/C20H22FN3O2/c21-16-7-5-15(6-8-16)19(25)17-3-1-2-4-18(17)20(26)23-11-14-24-12-9-22-10-13-24/h1-8,22H,9-14H2,(H,23,26). The van der Waals surface area contributed by atoms with Gasteiger partial charge in [-0.1, -0.05) is 18.2 Å². The fourth-order valence-electron chi connectivity index (χ4n) is 2.99. The van der Waals surface area contributed by atoms with Crippen molar-refractivity contribution in [2.75, 3.05) is 39.3 Å². The Bertz CT molecular complexity index is 771. The first-order valence-corrected chi connectivity index (χ1v) is 8.76. The molecule has 0 aromatic heterocycles. The molecule has 1 aliphatic rings. The van der Waals surface area contributed by atoms with Crippen molar-refractivity contribution in [1.29, 1.82) is 0 Å². The van der Waals surface area contributed by atoms with E-state index >= 15 is 0 Å². The minimum Gasteiger partial charge on any atom is -0.351 e. The van der Waals surface area contributed by atoms with Gasteiger partial charge in [0.15, 0.2) is 5.78 Å². The molecule has 0 bridgehead atoms. The molecule has 1 heterocycles. The molecule has 2 aromatic rings. The van der Waals surface area contributed by atoms with Gasteiger partial charge in [-0.2, -0.15) is 0 Å². The predicted octanol–water partition coefficient (Wildman–Crippen LogP) is 1.69. The number of nitrogens with zero attached hydrogens (tertiary/aromatic N) is 1. The highest BCUT2D eigenvalue weighted by molar-refractivity contribution is 6.15. The molecule has 1 saturated heterocycles. The average molecular weight is 355 g/mol. The Labute approximate surface area is 152 Å². The maximum absolute atomic E-state index is 13.1. The van der Waals surface area contributed by atoms with Gasteiger partial charge in [0.05, 0.1) is 5.56 Å². The smallest absolute Gasteiger partial charge is 0.252 e. The van der Waals surface area contributed by atoms with Crippen LogP contribution in [0.2, 0.25) is 0 Å². The minimum atomic E-state index is -0.402. The summed E-state index contributed by atoms with van der Waals surface area (Å²) in [4.78, 5) is 27.5. The third-order valence-corrected chi connectivity index (χ3v) is 4.45. The molecule has 0 atom stereocenters. The number of benzene rings is 2. The molecular weight excluding hydrogens is 333 g/mol. The molecule has 5 nitrogen and oxygen atoms in total. The van der Waals surface area contributed by atoms with E-state index in [1.54, 1.807) is 24.3 Å². The molecule has 136 valence electrons. The molecule has 1 fully saturated rings. The van der Waals surface area contributed by atoms with Gasteiger partial charge in [0.1, 0.15) is 5.82 Å². The molecular formula is C20H22FN3O2. The van der Waals surface area contributed by atoms with E-state index in [-0.39, 0.29) is 11.7 Å². The number of nitrogens with one attached hydrogen (secondary N) is 2. The molecule has 0 unspecified atom stereocenters. The molecule has 2 N–H and O–H groups in total. The Kier molecular flexibility index (Phi) is 6.09. The Morgan fingerprint density at radius 1 is 1.00 bits per heavy atom. The largest absolute Gasteiger partial charge is 0.351 e. The van der Waals surface area contributed by atoms with E-state index in [4.69, 9.17) is 0 Å². The Balaban J connectivity index is 1.66. The van der Waals surface area contributed by atoms with E-state index in [9.17, 15) is 14.0 Å². The molecule has 26 heavy (non-hydrogen) atoms. The van der Waals surface area contributed by atoms with Gasteiger partial charge in [-0.3, -0.25) is 14.5 Å². The number of amides is 1. The van der Waals surface area contributed by atoms with Crippen LogP contribution >= 0.6 is 0 Å². The van der Waals surface area contributed by atoms with Gasteiger partial charge >= 0.3 is 0 Å². The Morgan fingerprint density at radius 3 is 2.35 bits per heavy atom. The molecule has 1 amide bonds. The van der Waals surface area contributed by atoms with Crippen LogP contribution in [0.4, 0.5) is 4.39 Å². The summed E-state index contributed by atoms with van der Waals surface area (Å²) >= 11 is 0. The third kappa shape index (κ3) is 4.53. The normalized spacial score (nSPS) is 14.8. The SMILES string of the molecule is O=C(NCCN1CCNCC1)c1ccccc1C(=O)c1ccc(F)cc1. The lowest BCUT2D eigenvalue weighted by atomic mass is 9.98. The lowest BCUT2D eigenvalue weighted by Gasteiger charge is -2.27. The van der Waals surface area contributed by atoms with Crippen molar-refractivity contribution in [2.45, 2.75) is 0 Å². The van der Waals surface area contributed by atoms with Crippen molar-refractivity contribution in [2.24, 2.45) is 0 Å². The zero-order valence-corrected chi connectivity index (χ0v) is 14.5. The number of piperazine rings is 1. The van der Waals surface area contributed by atoms with Crippen molar-refractivity contribution in [3.05, 3.63) is 71.0 Å². The van der Waals surface area contributed by atoms with Crippen molar-refractivity contribution in [1.82, 2.24) is 15.5 Å². The summed E-state index contributed by atoms with van der Waals surface area (Å²) in [5.74, 6) is -0.968. The van der Waals surface area contributed by atoms with Crippen molar-refractivity contribution in [3.63, 3.8) is 0 Å². The first-order chi connectivity index (χ1) is 12.6. The number of rotatable bonds is 6. The summed E-state index contributed by atoms with van der Waals surface area (Å²) in [6.45, 7) is 5.16. The second-order valence-corrected chi connectivity index (χ2v) is 6.23. The quantitative estimate of drug-likeness (QED) is 0.774. The maximum Gasteiger partial charge on any atom is 0.252 e. The van der Waals surface area contributed by atoms with Gasteiger partial charge < -0.3 is 10.6 Å². The summed E-state index contributed by atoms with van der Waals surface area (Å²) in [6, 6.07) is 12.0. The summed E-state index contributed by atoms with van der Waals surface area (Å²) in [5.41, 5.74) is 1.01. The number of hydrogen-bond donors (Lipinski definition) is 2. The third-order valence-electron chi connectivity index (χ3n) is 4.45. The minimum absolute atomic E-state index is 0.272. The van der Waals surface area contributed by atoms with E-state index in [1.165, 1.54) is 24.3 Å². The zero-order valence-electron chi connectivity index (χ0n) is 14.5. The first-order valence-electron chi connectivity index (χ1n) is 8.76. The van der Waals surface area contributed by atoms with Crippen LogP contribution < -0.4 is 10.6 Å². The van der Waals surface area contributed by atoms with E-state index < -0.39 is 5.82 Å². The maximum atomic E-state index is 13.1. The number of halogens is 1. The molecule has 0 radical (unpaired) electrons. The predicted molar refractivity (Wildman–Crippen MR) is 97.9 cm³/mol. The van der Waals surface area contributed by atoms with Crippen molar-refractivity contribution >= 4 is 11.7 Å². The van der Waals surface area contributed by atoms with Crippen LogP contribution in [0.25, 0.3) is 0 Å². The van der Waals surface area contributed by atoms with E-state index in [0.29, 0.717) is 23.2 Å². The highest BCUT2D eigenvalue weighted by Crippen LogP contribution is 2.15. The van der Waals surface area contributed by atoms with Gasteiger partial charge in [-0.25, -0.2) is 4.39 Å². The van der Waals surface area contributed by atoms with Crippen molar-refractivity contribution in [3.8, 4) is 0 Å². The number of hydrogen-bond acceptors (Lipinski definition) is 4. The fraction of sp³-hybridized carbons (Fsp3) is 0.300. The molecule has 2 aromatic carbocycles. The molecule has 1 aliphatic heterocycles. The Morgan fingerprint density at radius 2 is 1.65 bits per heavy atom. The van der Waals surface area contributed by atoms with Gasteiger partial charge in [0.25, 0.3) is 5.91 Å². The molecule has 0 saturated carbocycles. The van der Waals surface area contributed by atoms with Crippen LogP contribution in [0.1, 0.15) is 26.3 Å². The summed E-state index contributed by atoms with van der Waals surface area (Å²) in [6.07, 6.45) is 0. The summed E-state index contributed by atoms with van der Waals surface area (Å²) in [7, 11) is 0. The van der Waals surface area contributed by atoms with Crippen molar-refractivity contribution < 1.29 is 14.0 Å². The first kappa shape index (κ1) is 18.2. The van der Waals surface area contributed by atoms with Crippen LogP contribution in [-0.4, -0.2) is 55.9 Å². The van der Waals surface area contributed by atoms with Crippen LogP contribution in [0.15, 0.2) is 48.5 Å². The number of ketones is 1. The number of carbonyl (C=O) groups excluding carboxylic acids is 2. The molecule has 6 heteroatoms. The molecule has 3 rings (SSSR count). The van der Waals surface area contributed by atoms with Gasteiger partial charge in [-0.15, -0.1) is 0 Å². The summed E-state index contributed by atoms with van der Waals surface area (Å²) < 4.78 is 13.1. The molecule has 0 aliphatic carbocycles. The van der Waals surface area contributed by atoms with Gasteiger partial charge in [0, 0.05) is 50.4 Å². The number of carbonyl (C=O) groups is 2. The van der Waals surface area contributed by atoms with Gasteiger partial charge in [0.2, 0.25) is 0 Å². The van der Waals surface area contributed by atoms with Crippen LogP contribution in [-0.2, 0) is 0 Å². The van der Waals surface area contributed by atoms with E-state index in [2.05, 4.69) is 15.5 Å². The highest BCUT2D eigenvalue weighted by Gasteiger charge is 2.18. The second kappa shape index (κ2) is 8.69. The lowest BCUT2D eigenvalue weighted by Crippen LogP contribution is -2.46. The summed E-state index contributed by atoms with van der Waals surface area (Å²) in [5, 5.41) is 6.18. The van der Waals surface area contributed by atoms with Crippen LogP contribution in [0.5, 0.6) is 0 Å². The van der Waals surface area contributed by atoms with Gasteiger partial charge in [-0.05, 0) is 30.3 Å². The topological polar surface area (TPSA) is 61.4 Å². The van der Waals surface area contributed by atoms with Crippen LogP contribution in [0, 0.1) is 5.82 Å². The molecule has 0 spiro atoms. The zero-order chi connectivity index (χ0) is 18.4. The van der Waals surface area contributed by atoms with Crippen LogP contribution in [0.3, 0.4) is 0 Å².